The Balaban J connectivity index is 1.37. The molecule has 1 aliphatic heterocycles. The molecule has 1 aliphatic rings. The summed E-state index contributed by atoms with van der Waals surface area (Å²) < 4.78 is 11.3. The highest BCUT2D eigenvalue weighted by Crippen LogP contribution is 2.25. The van der Waals surface area contributed by atoms with Gasteiger partial charge in [-0.2, -0.15) is 0 Å². The summed E-state index contributed by atoms with van der Waals surface area (Å²) in [5, 5.41) is 0. The lowest BCUT2D eigenvalue weighted by molar-refractivity contribution is 0.0594. The summed E-state index contributed by atoms with van der Waals surface area (Å²) in [7, 11) is 1.66. The first-order valence-corrected chi connectivity index (χ1v) is 11.4. The minimum atomic E-state index is 0.128. The van der Waals surface area contributed by atoms with Gasteiger partial charge >= 0.3 is 0 Å². The Bertz CT molecular complexity index is 993. The van der Waals surface area contributed by atoms with Crippen molar-refractivity contribution in [2.45, 2.75) is 38.8 Å². The lowest BCUT2D eigenvalue weighted by Crippen LogP contribution is -2.46. The highest BCUT2D eigenvalue weighted by molar-refractivity contribution is 5.94. The van der Waals surface area contributed by atoms with Crippen LogP contribution in [0.2, 0.25) is 0 Å². The van der Waals surface area contributed by atoms with E-state index in [1.54, 1.807) is 13.3 Å². The molecule has 1 aromatic heterocycles. The molecule has 1 amide bonds. The lowest BCUT2D eigenvalue weighted by Gasteiger charge is -2.38. The van der Waals surface area contributed by atoms with Gasteiger partial charge in [0.25, 0.3) is 5.91 Å². The normalized spacial score (nSPS) is 14.7. The molecular weight excluding hydrogens is 402 g/mol. The van der Waals surface area contributed by atoms with Crippen molar-refractivity contribution in [3.8, 4) is 17.1 Å². The number of carbonyl (C=O) groups excluding carboxylic acids is 1. The van der Waals surface area contributed by atoms with Crippen LogP contribution in [-0.4, -0.2) is 53.5 Å². The van der Waals surface area contributed by atoms with Crippen LogP contribution in [0.3, 0.4) is 0 Å². The zero-order valence-electron chi connectivity index (χ0n) is 18.9. The second-order valence-corrected chi connectivity index (χ2v) is 8.21. The number of oxazole rings is 1. The summed E-state index contributed by atoms with van der Waals surface area (Å²) in [6.07, 6.45) is 4.78. The maximum atomic E-state index is 12.8. The summed E-state index contributed by atoms with van der Waals surface area (Å²) in [4.78, 5) is 21.7. The van der Waals surface area contributed by atoms with Crippen LogP contribution < -0.4 is 4.74 Å². The van der Waals surface area contributed by atoms with Gasteiger partial charge in [0.05, 0.1) is 19.9 Å². The number of ether oxygens (including phenoxy) is 1. The maximum absolute atomic E-state index is 12.8. The second kappa shape index (κ2) is 10.5. The maximum Gasteiger partial charge on any atom is 0.253 e. The molecule has 1 saturated heterocycles. The number of nitrogens with zero attached hydrogens (tertiary/aromatic N) is 3. The van der Waals surface area contributed by atoms with Gasteiger partial charge in [0.2, 0.25) is 5.89 Å². The van der Waals surface area contributed by atoms with Crippen molar-refractivity contribution in [3.63, 3.8) is 0 Å². The monoisotopic (exact) mass is 433 g/mol. The number of methoxy groups -OCH3 is 1. The second-order valence-electron chi connectivity index (χ2n) is 8.21. The van der Waals surface area contributed by atoms with Crippen LogP contribution in [0.1, 0.15) is 42.4 Å². The molecule has 2 heterocycles. The van der Waals surface area contributed by atoms with Crippen LogP contribution in [0, 0.1) is 0 Å². The third-order valence-corrected chi connectivity index (χ3v) is 6.07. The van der Waals surface area contributed by atoms with E-state index in [0.717, 1.165) is 67.4 Å². The van der Waals surface area contributed by atoms with Crippen LogP contribution in [0.5, 0.6) is 5.75 Å². The van der Waals surface area contributed by atoms with Gasteiger partial charge < -0.3 is 14.1 Å². The molecule has 0 radical (unpaired) electrons. The molecule has 0 saturated carbocycles. The number of carbonyl (C=O) groups is 1. The number of hydrogen-bond acceptors (Lipinski definition) is 5. The first-order chi connectivity index (χ1) is 15.7. The van der Waals surface area contributed by atoms with Gasteiger partial charge in [-0.25, -0.2) is 4.98 Å². The van der Waals surface area contributed by atoms with Gasteiger partial charge in [0, 0.05) is 30.3 Å². The molecule has 0 unspecified atom stereocenters. The lowest BCUT2D eigenvalue weighted by atomic mass is 10.0. The van der Waals surface area contributed by atoms with Crippen LogP contribution in [0.25, 0.3) is 11.3 Å². The minimum absolute atomic E-state index is 0.128. The summed E-state index contributed by atoms with van der Waals surface area (Å²) in [6, 6.07) is 17.8. The fourth-order valence-electron chi connectivity index (χ4n) is 4.32. The topological polar surface area (TPSA) is 58.8 Å². The molecule has 0 spiro atoms. The summed E-state index contributed by atoms with van der Waals surface area (Å²) >= 11 is 0. The van der Waals surface area contributed by atoms with Crippen molar-refractivity contribution in [1.29, 1.82) is 0 Å². The summed E-state index contributed by atoms with van der Waals surface area (Å²) in [6.45, 7) is 5.42. The van der Waals surface area contributed by atoms with Crippen molar-refractivity contribution >= 4 is 5.91 Å². The van der Waals surface area contributed by atoms with E-state index >= 15 is 0 Å². The SMILES string of the molecule is CCCN(Cc1ncc(-c2ccc(OC)cc2)o1)C1CCN(C(=O)c2ccccc2)CC1. The van der Waals surface area contributed by atoms with Crippen molar-refractivity contribution < 1.29 is 13.9 Å². The zero-order chi connectivity index (χ0) is 22.3. The molecule has 6 heteroatoms. The van der Waals surface area contributed by atoms with E-state index < -0.39 is 0 Å². The highest BCUT2D eigenvalue weighted by Gasteiger charge is 2.28. The Morgan fingerprint density at radius 3 is 2.50 bits per heavy atom. The standard InChI is InChI=1S/C26H31N3O3/c1-3-15-29(19-25-27-18-24(32-25)20-9-11-23(31-2)12-10-20)22-13-16-28(17-14-22)26(30)21-7-5-4-6-8-21/h4-12,18,22H,3,13-17,19H2,1-2H3. The Labute approximate surface area is 189 Å². The molecule has 3 aromatic rings. The largest absolute Gasteiger partial charge is 0.497 e. The molecule has 1 fully saturated rings. The summed E-state index contributed by atoms with van der Waals surface area (Å²) in [5.74, 6) is 2.44. The number of rotatable bonds is 8. The first-order valence-electron chi connectivity index (χ1n) is 11.4. The molecule has 6 nitrogen and oxygen atoms in total. The third-order valence-electron chi connectivity index (χ3n) is 6.07. The molecular formula is C26H31N3O3. The summed E-state index contributed by atoms with van der Waals surface area (Å²) in [5.41, 5.74) is 1.75. The number of benzene rings is 2. The van der Waals surface area contributed by atoms with Crippen LogP contribution in [0.15, 0.2) is 65.2 Å². The molecule has 0 bridgehead atoms. The highest BCUT2D eigenvalue weighted by atomic mass is 16.5. The predicted molar refractivity (Wildman–Crippen MR) is 125 cm³/mol. The van der Waals surface area contributed by atoms with Gasteiger partial charge in [-0.3, -0.25) is 9.69 Å². The Kier molecular flexibility index (Phi) is 7.22. The van der Waals surface area contributed by atoms with E-state index in [9.17, 15) is 4.79 Å². The van der Waals surface area contributed by atoms with Gasteiger partial charge in [-0.15, -0.1) is 0 Å². The molecule has 2 aromatic carbocycles. The van der Waals surface area contributed by atoms with Gasteiger partial charge in [0.15, 0.2) is 5.76 Å². The number of aromatic nitrogens is 1. The molecule has 32 heavy (non-hydrogen) atoms. The fraction of sp³-hybridized carbons (Fsp3) is 0.385. The molecule has 0 aliphatic carbocycles. The van der Waals surface area contributed by atoms with E-state index in [2.05, 4.69) is 16.8 Å². The first kappa shape index (κ1) is 22.1. The molecule has 4 rings (SSSR count). The van der Waals surface area contributed by atoms with Crippen LogP contribution in [0.4, 0.5) is 0 Å². The smallest absolute Gasteiger partial charge is 0.253 e. The van der Waals surface area contributed by atoms with Crippen molar-refractivity contribution in [3.05, 3.63) is 72.2 Å². The van der Waals surface area contributed by atoms with Gasteiger partial charge in [-0.05, 0) is 62.2 Å². The quantitative estimate of drug-likeness (QED) is 0.507. The fourth-order valence-corrected chi connectivity index (χ4v) is 4.32. The Morgan fingerprint density at radius 1 is 1.12 bits per heavy atom. The Hall–Kier alpha value is -3.12. The van der Waals surface area contributed by atoms with Crippen molar-refractivity contribution in [2.75, 3.05) is 26.7 Å². The molecule has 0 N–H and O–H groups in total. The predicted octanol–water partition coefficient (Wildman–Crippen LogP) is 4.87. The number of amides is 1. The average molecular weight is 434 g/mol. The average Bonchev–Trinajstić information content (AvgIpc) is 3.32. The van der Waals surface area contributed by atoms with Crippen molar-refractivity contribution in [2.24, 2.45) is 0 Å². The van der Waals surface area contributed by atoms with Gasteiger partial charge in [0.1, 0.15) is 5.75 Å². The number of piperidine rings is 1. The van der Waals surface area contributed by atoms with Crippen LogP contribution in [-0.2, 0) is 6.54 Å². The number of hydrogen-bond donors (Lipinski definition) is 0. The molecule has 0 atom stereocenters. The van der Waals surface area contributed by atoms with E-state index in [4.69, 9.17) is 9.15 Å². The van der Waals surface area contributed by atoms with E-state index in [0.29, 0.717) is 12.6 Å². The minimum Gasteiger partial charge on any atom is -0.497 e. The zero-order valence-corrected chi connectivity index (χ0v) is 18.9. The Morgan fingerprint density at radius 2 is 1.84 bits per heavy atom. The van der Waals surface area contributed by atoms with E-state index in [-0.39, 0.29) is 5.91 Å². The van der Waals surface area contributed by atoms with Crippen LogP contribution >= 0.6 is 0 Å². The van der Waals surface area contributed by atoms with E-state index in [1.807, 2.05) is 59.5 Å². The molecule has 168 valence electrons. The van der Waals surface area contributed by atoms with Crippen molar-refractivity contribution in [1.82, 2.24) is 14.8 Å². The van der Waals surface area contributed by atoms with Gasteiger partial charge in [-0.1, -0.05) is 25.1 Å². The van der Waals surface area contributed by atoms with E-state index in [1.165, 1.54) is 0 Å². The third kappa shape index (κ3) is 5.19. The number of likely N-dealkylation sites (tertiary alicyclic amines) is 1.